The lowest BCUT2D eigenvalue weighted by Crippen LogP contribution is -2.55. The molecule has 1 saturated carbocycles. The molecule has 1 aliphatic carbocycles. The van der Waals surface area contributed by atoms with Crippen LogP contribution in [0.5, 0.6) is 0 Å². The van der Waals surface area contributed by atoms with Crippen LogP contribution in [0.2, 0.25) is 0 Å². The number of oxime groups is 1. The highest BCUT2D eigenvalue weighted by atomic mass is 16.5. The van der Waals surface area contributed by atoms with Crippen molar-refractivity contribution >= 4 is 5.84 Å². The van der Waals surface area contributed by atoms with Gasteiger partial charge < -0.3 is 20.8 Å². The Morgan fingerprint density at radius 2 is 2.16 bits per heavy atom. The summed E-state index contributed by atoms with van der Waals surface area (Å²) in [6, 6.07) is 0. The molecule has 2 fully saturated rings. The van der Waals surface area contributed by atoms with Gasteiger partial charge in [0.25, 0.3) is 0 Å². The van der Waals surface area contributed by atoms with Crippen molar-refractivity contribution in [2.75, 3.05) is 26.2 Å². The monoisotopic (exact) mass is 271 g/mol. The molecule has 1 aliphatic heterocycles. The van der Waals surface area contributed by atoms with E-state index in [1.807, 2.05) is 13.8 Å². The molecule has 0 aromatic carbocycles. The van der Waals surface area contributed by atoms with Crippen LogP contribution in [0.25, 0.3) is 0 Å². The Morgan fingerprint density at radius 1 is 1.47 bits per heavy atom. The Kier molecular flexibility index (Phi) is 4.03. The molecule has 0 amide bonds. The normalized spacial score (nSPS) is 30.3. The molecular formula is C13H25N3O3. The van der Waals surface area contributed by atoms with Gasteiger partial charge >= 0.3 is 0 Å². The summed E-state index contributed by atoms with van der Waals surface area (Å²) >= 11 is 0. The van der Waals surface area contributed by atoms with Crippen molar-refractivity contribution in [1.82, 2.24) is 4.90 Å². The summed E-state index contributed by atoms with van der Waals surface area (Å²) < 4.78 is 5.81. The van der Waals surface area contributed by atoms with E-state index < -0.39 is 0 Å². The third kappa shape index (κ3) is 3.81. The molecule has 0 bridgehead atoms. The molecule has 6 heteroatoms. The molecule has 1 heterocycles. The predicted octanol–water partition coefficient (Wildman–Crippen LogP) is 0.375. The van der Waals surface area contributed by atoms with Crippen molar-refractivity contribution in [1.29, 1.82) is 0 Å². The van der Waals surface area contributed by atoms with E-state index in [1.165, 1.54) is 0 Å². The van der Waals surface area contributed by atoms with Gasteiger partial charge in [-0.15, -0.1) is 0 Å². The second kappa shape index (κ2) is 5.26. The molecule has 6 nitrogen and oxygen atoms in total. The van der Waals surface area contributed by atoms with Crippen molar-refractivity contribution in [2.45, 2.75) is 44.8 Å². The first-order chi connectivity index (χ1) is 8.88. The quantitative estimate of drug-likeness (QED) is 0.291. The molecule has 1 atom stereocenters. The van der Waals surface area contributed by atoms with Gasteiger partial charge in [-0.3, -0.25) is 4.90 Å². The maximum Gasteiger partial charge on any atom is 0.139 e. The van der Waals surface area contributed by atoms with Crippen LogP contribution in [-0.4, -0.2) is 59.0 Å². The number of rotatable bonds is 5. The zero-order chi connectivity index (χ0) is 14.1. The molecule has 4 N–H and O–H groups in total. The van der Waals surface area contributed by atoms with E-state index in [4.69, 9.17) is 15.7 Å². The van der Waals surface area contributed by atoms with Crippen molar-refractivity contribution in [2.24, 2.45) is 16.3 Å². The van der Waals surface area contributed by atoms with Gasteiger partial charge in [0.05, 0.1) is 18.3 Å². The lowest BCUT2D eigenvalue weighted by atomic mass is 9.98. The van der Waals surface area contributed by atoms with E-state index in [0.717, 1.165) is 32.5 Å². The second-order valence-electron chi connectivity index (χ2n) is 6.62. The fourth-order valence-corrected chi connectivity index (χ4v) is 3.09. The largest absolute Gasteiger partial charge is 0.409 e. The summed E-state index contributed by atoms with van der Waals surface area (Å²) in [5, 5.41) is 21.1. The highest BCUT2D eigenvalue weighted by Gasteiger charge is 2.46. The van der Waals surface area contributed by atoms with E-state index in [9.17, 15) is 5.11 Å². The van der Waals surface area contributed by atoms with Crippen LogP contribution in [0, 0.1) is 5.41 Å². The molecular weight excluding hydrogens is 246 g/mol. The summed E-state index contributed by atoms with van der Waals surface area (Å²) in [5.41, 5.74) is 5.55. The summed E-state index contributed by atoms with van der Waals surface area (Å²) in [5.74, 6) is 0.309. The van der Waals surface area contributed by atoms with E-state index in [-0.39, 0.29) is 23.7 Å². The summed E-state index contributed by atoms with van der Waals surface area (Å²) in [4.78, 5) is 2.34. The van der Waals surface area contributed by atoms with E-state index in [1.54, 1.807) is 0 Å². The number of aliphatic hydroxyl groups excluding tert-OH is 1. The third-order valence-corrected chi connectivity index (χ3v) is 3.96. The van der Waals surface area contributed by atoms with Crippen LogP contribution in [0.3, 0.4) is 0 Å². The summed E-state index contributed by atoms with van der Waals surface area (Å²) in [6.07, 6.45) is 2.75. The van der Waals surface area contributed by atoms with Crippen molar-refractivity contribution in [3.05, 3.63) is 0 Å². The molecule has 0 spiro atoms. The van der Waals surface area contributed by atoms with Gasteiger partial charge in [0.2, 0.25) is 0 Å². The van der Waals surface area contributed by atoms with Gasteiger partial charge in [0.1, 0.15) is 5.84 Å². The third-order valence-electron chi connectivity index (χ3n) is 3.96. The van der Waals surface area contributed by atoms with Gasteiger partial charge in [-0.1, -0.05) is 5.16 Å². The highest BCUT2D eigenvalue weighted by Crippen LogP contribution is 2.49. The fraction of sp³-hybridized carbons (Fsp3) is 0.923. The number of nitrogens with two attached hydrogens (primary N) is 1. The molecule has 0 aromatic heterocycles. The minimum Gasteiger partial charge on any atom is -0.409 e. The molecule has 0 radical (unpaired) electrons. The van der Waals surface area contributed by atoms with Gasteiger partial charge in [0, 0.05) is 26.1 Å². The lowest BCUT2D eigenvalue weighted by molar-refractivity contribution is -0.151. The summed E-state index contributed by atoms with van der Waals surface area (Å²) in [7, 11) is 0. The van der Waals surface area contributed by atoms with Crippen LogP contribution in [-0.2, 0) is 4.74 Å². The molecule has 110 valence electrons. The Hall–Kier alpha value is -0.850. The summed E-state index contributed by atoms with van der Waals surface area (Å²) in [6.45, 7) is 6.66. The Labute approximate surface area is 114 Å². The van der Waals surface area contributed by atoms with E-state index in [0.29, 0.717) is 12.3 Å². The topological polar surface area (TPSA) is 91.3 Å². The predicted molar refractivity (Wildman–Crippen MR) is 72.2 cm³/mol. The molecule has 2 aliphatic rings. The van der Waals surface area contributed by atoms with Crippen LogP contribution < -0.4 is 5.73 Å². The smallest absolute Gasteiger partial charge is 0.139 e. The maximum atomic E-state index is 9.31. The van der Waals surface area contributed by atoms with Gasteiger partial charge in [0.15, 0.2) is 0 Å². The Morgan fingerprint density at radius 3 is 2.68 bits per heavy atom. The average Bonchev–Trinajstić information content (AvgIpc) is 3.06. The Balaban J connectivity index is 1.95. The molecule has 19 heavy (non-hydrogen) atoms. The first kappa shape index (κ1) is 14.6. The zero-order valence-corrected chi connectivity index (χ0v) is 11.8. The number of ether oxygens (including phenoxy) is 1. The van der Waals surface area contributed by atoms with Gasteiger partial charge in [-0.2, -0.15) is 0 Å². The van der Waals surface area contributed by atoms with Crippen LogP contribution in [0.4, 0.5) is 0 Å². The molecule has 2 rings (SSSR count). The van der Waals surface area contributed by atoms with Crippen molar-refractivity contribution in [3.63, 3.8) is 0 Å². The number of aliphatic hydroxyl groups is 1. The number of amidine groups is 1. The SMILES string of the molecule is CC1(C)CN(CC2(CC(N)=NO)CC2)CC(CO)O1. The van der Waals surface area contributed by atoms with Crippen LogP contribution >= 0.6 is 0 Å². The number of nitrogens with zero attached hydrogens (tertiary/aromatic N) is 2. The van der Waals surface area contributed by atoms with Crippen molar-refractivity contribution < 1.29 is 15.1 Å². The van der Waals surface area contributed by atoms with Gasteiger partial charge in [-0.25, -0.2) is 0 Å². The molecule has 1 saturated heterocycles. The average molecular weight is 271 g/mol. The Bertz CT molecular complexity index is 353. The maximum absolute atomic E-state index is 9.31. The fourth-order valence-electron chi connectivity index (χ4n) is 3.09. The van der Waals surface area contributed by atoms with Crippen LogP contribution in [0.15, 0.2) is 5.16 Å². The number of hydrogen-bond acceptors (Lipinski definition) is 5. The number of morpholine rings is 1. The van der Waals surface area contributed by atoms with E-state index in [2.05, 4.69) is 10.1 Å². The van der Waals surface area contributed by atoms with Crippen LogP contribution in [0.1, 0.15) is 33.1 Å². The highest BCUT2D eigenvalue weighted by molar-refractivity contribution is 5.80. The lowest BCUT2D eigenvalue weighted by Gasteiger charge is -2.43. The molecule has 0 aromatic rings. The zero-order valence-electron chi connectivity index (χ0n) is 11.8. The minimum absolute atomic E-state index is 0.0488. The second-order valence-corrected chi connectivity index (χ2v) is 6.62. The standard InChI is InChI=1S/C13H25N3O3/c1-12(2)8-16(6-10(7-17)19-12)9-13(3-4-13)5-11(14)15-18/h10,17-18H,3-9H2,1-2H3,(H2,14,15). The van der Waals surface area contributed by atoms with Crippen molar-refractivity contribution in [3.8, 4) is 0 Å². The van der Waals surface area contributed by atoms with E-state index >= 15 is 0 Å². The first-order valence-corrected chi connectivity index (χ1v) is 6.85. The number of hydrogen-bond donors (Lipinski definition) is 3. The molecule has 1 unspecified atom stereocenters. The van der Waals surface area contributed by atoms with Gasteiger partial charge in [-0.05, 0) is 32.1 Å². The first-order valence-electron chi connectivity index (χ1n) is 6.85. The minimum atomic E-state index is -0.238.